The second-order valence-corrected chi connectivity index (χ2v) is 8.09. The number of carbonyl (C=O) groups excluding carboxylic acids is 2. The molecule has 0 saturated carbocycles. The quantitative estimate of drug-likeness (QED) is 0.359. The smallest absolute Gasteiger partial charge is 0.360 e. The molecule has 3 heterocycles. The van der Waals surface area contributed by atoms with Gasteiger partial charge in [-0.2, -0.15) is 15.3 Å². The molecule has 0 aliphatic carbocycles. The van der Waals surface area contributed by atoms with Crippen LogP contribution in [0.1, 0.15) is 26.4 Å². The molecule has 0 radical (unpaired) electrons. The van der Waals surface area contributed by atoms with Gasteiger partial charge < -0.3 is 15.4 Å². The molecular formula is C24H26N8O4. The van der Waals surface area contributed by atoms with E-state index in [1.807, 2.05) is 6.20 Å². The Balaban J connectivity index is 1.58. The number of anilines is 1. The second kappa shape index (κ2) is 10.4. The van der Waals surface area contributed by atoms with Crippen LogP contribution in [0.5, 0.6) is 0 Å². The van der Waals surface area contributed by atoms with E-state index in [4.69, 9.17) is 10.5 Å². The number of amides is 1. The maximum Gasteiger partial charge on any atom is 0.360 e. The summed E-state index contributed by atoms with van der Waals surface area (Å²) in [4.78, 5) is 39.1. The van der Waals surface area contributed by atoms with E-state index < -0.39 is 5.97 Å². The third-order valence-electron chi connectivity index (χ3n) is 5.51. The van der Waals surface area contributed by atoms with Gasteiger partial charge in [0, 0.05) is 50.2 Å². The van der Waals surface area contributed by atoms with Crippen molar-refractivity contribution in [2.45, 2.75) is 13.1 Å². The topological polar surface area (TPSA) is 143 Å². The Hall–Kier alpha value is -4.58. The fourth-order valence-electron chi connectivity index (χ4n) is 3.71. The van der Waals surface area contributed by atoms with Gasteiger partial charge in [0.15, 0.2) is 5.69 Å². The number of aryl methyl sites for hydroxylation is 1. The number of carbonyl (C=O) groups is 2. The average molecular weight is 491 g/mol. The fraction of sp³-hybridized carbons (Fsp3) is 0.250. The van der Waals surface area contributed by atoms with Gasteiger partial charge in [-0.15, -0.1) is 0 Å². The first-order valence-electron chi connectivity index (χ1n) is 11.1. The lowest BCUT2D eigenvalue weighted by Crippen LogP contribution is -2.28. The summed E-state index contributed by atoms with van der Waals surface area (Å²) >= 11 is 0. The maximum atomic E-state index is 13.2. The Morgan fingerprint density at radius 3 is 2.69 bits per heavy atom. The van der Waals surface area contributed by atoms with Crippen LogP contribution in [0.15, 0.2) is 59.8 Å². The Morgan fingerprint density at radius 1 is 1.14 bits per heavy atom. The van der Waals surface area contributed by atoms with E-state index in [1.54, 1.807) is 61.5 Å². The van der Waals surface area contributed by atoms with Crippen molar-refractivity contribution in [3.05, 3.63) is 82.2 Å². The number of methoxy groups -OCH3 is 1. The third-order valence-corrected chi connectivity index (χ3v) is 5.51. The molecule has 0 fully saturated rings. The Kier molecular flexibility index (Phi) is 7.06. The molecular weight excluding hydrogens is 464 g/mol. The maximum absolute atomic E-state index is 13.2. The number of hydrogen-bond acceptors (Lipinski definition) is 8. The molecule has 0 aliphatic rings. The van der Waals surface area contributed by atoms with Crippen molar-refractivity contribution in [1.29, 1.82) is 0 Å². The van der Waals surface area contributed by atoms with Gasteiger partial charge in [0.2, 0.25) is 0 Å². The standard InChI is InChI=1S/C24H26N8O4/c1-29-15-20(22(28-29)24(35)36-3)30(2)23(34)17-6-4-5-16(11-17)13-32-21(33)8-7-19(27-32)18-12-26-31(14-18)10-9-25/h4-8,11-12,14-15H,9-10,13,25H2,1-3H3. The van der Waals surface area contributed by atoms with Crippen molar-refractivity contribution in [2.24, 2.45) is 12.8 Å². The van der Waals surface area contributed by atoms with Crippen LogP contribution >= 0.6 is 0 Å². The molecule has 186 valence electrons. The van der Waals surface area contributed by atoms with Crippen LogP contribution in [-0.4, -0.2) is 61.9 Å². The van der Waals surface area contributed by atoms with E-state index in [9.17, 15) is 14.4 Å². The summed E-state index contributed by atoms with van der Waals surface area (Å²) < 4.78 is 9.26. The van der Waals surface area contributed by atoms with Gasteiger partial charge >= 0.3 is 5.97 Å². The summed E-state index contributed by atoms with van der Waals surface area (Å²) in [6.45, 7) is 1.20. The molecule has 0 aliphatic heterocycles. The molecule has 0 atom stereocenters. The van der Waals surface area contributed by atoms with Crippen molar-refractivity contribution in [2.75, 3.05) is 25.6 Å². The molecule has 0 spiro atoms. The van der Waals surface area contributed by atoms with Gasteiger partial charge in [0.1, 0.15) is 0 Å². The van der Waals surface area contributed by atoms with Gasteiger partial charge in [0.05, 0.1) is 37.8 Å². The van der Waals surface area contributed by atoms with E-state index in [2.05, 4.69) is 15.3 Å². The average Bonchev–Trinajstić information content (AvgIpc) is 3.51. The zero-order chi connectivity index (χ0) is 25.8. The van der Waals surface area contributed by atoms with Gasteiger partial charge in [0.25, 0.3) is 11.5 Å². The van der Waals surface area contributed by atoms with Crippen LogP contribution < -0.4 is 16.2 Å². The zero-order valence-corrected chi connectivity index (χ0v) is 20.2. The number of benzene rings is 1. The zero-order valence-electron chi connectivity index (χ0n) is 20.2. The summed E-state index contributed by atoms with van der Waals surface area (Å²) in [5.41, 5.74) is 8.10. The molecule has 1 aromatic carbocycles. The molecule has 12 heteroatoms. The number of nitrogens with two attached hydrogens (primary N) is 1. The highest BCUT2D eigenvalue weighted by molar-refractivity contribution is 6.08. The lowest BCUT2D eigenvalue weighted by molar-refractivity contribution is 0.0594. The highest BCUT2D eigenvalue weighted by Gasteiger charge is 2.24. The Labute approximate surface area is 206 Å². The first kappa shape index (κ1) is 24.5. The Bertz CT molecular complexity index is 1470. The van der Waals surface area contributed by atoms with Crippen LogP contribution in [0.4, 0.5) is 5.69 Å². The molecule has 3 aromatic heterocycles. The van der Waals surface area contributed by atoms with Crippen molar-refractivity contribution >= 4 is 17.6 Å². The number of hydrogen-bond donors (Lipinski definition) is 1. The van der Waals surface area contributed by atoms with Crippen LogP contribution in [0.3, 0.4) is 0 Å². The molecule has 0 bridgehead atoms. The Morgan fingerprint density at radius 2 is 1.94 bits per heavy atom. The van der Waals surface area contributed by atoms with Gasteiger partial charge in [-0.1, -0.05) is 12.1 Å². The summed E-state index contributed by atoms with van der Waals surface area (Å²) in [5.74, 6) is -0.991. The monoisotopic (exact) mass is 490 g/mol. The van der Waals surface area contributed by atoms with Crippen LogP contribution in [0.2, 0.25) is 0 Å². The fourth-order valence-corrected chi connectivity index (χ4v) is 3.71. The van der Waals surface area contributed by atoms with Crippen molar-refractivity contribution in [3.8, 4) is 11.3 Å². The van der Waals surface area contributed by atoms with Crippen molar-refractivity contribution < 1.29 is 14.3 Å². The summed E-state index contributed by atoms with van der Waals surface area (Å²) in [6.07, 6.45) is 5.06. The van der Waals surface area contributed by atoms with E-state index in [0.717, 1.165) is 5.56 Å². The number of rotatable bonds is 8. The van der Waals surface area contributed by atoms with Crippen LogP contribution in [-0.2, 0) is 24.9 Å². The third kappa shape index (κ3) is 5.08. The highest BCUT2D eigenvalue weighted by Crippen LogP contribution is 2.21. The van der Waals surface area contributed by atoms with Crippen LogP contribution in [0.25, 0.3) is 11.3 Å². The lowest BCUT2D eigenvalue weighted by Gasteiger charge is -2.17. The molecule has 4 rings (SSSR count). The largest absolute Gasteiger partial charge is 0.464 e. The highest BCUT2D eigenvalue weighted by atomic mass is 16.5. The van der Waals surface area contributed by atoms with E-state index in [0.29, 0.717) is 35.6 Å². The SMILES string of the molecule is COC(=O)c1nn(C)cc1N(C)C(=O)c1cccc(Cn2nc(-c3cnn(CCN)c3)ccc2=O)c1. The van der Waals surface area contributed by atoms with E-state index >= 15 is 0 Å². The molecule has 12 nitrogen and oxygen atoms in total. The summed E-state index contributed by atoms with van der Waals surface area (Å²) in [7, 11) is 4.46. The number of nitrogens with zero attached hydrogens (tertiary/aromatic N) is 7. The van der Waals surface area contributed by atoms with Gasteiger partial charge in [-0.3, -0.25) is 19.0 Å². The van der Waals surface area contributed by atoms with Crippen molar-refractivity contribution in [1.82, 2.24) is 29.3 Å². The molecule has 4 aromatic rings. The van der Waals surface area contributed by atoms with Gasteiger partial charge in [-0.25, -0.2) is 9.48 Å². The van der Waals surface area contributed by atoms with E-state index in [1.165, 1.54) is 27.4 Å². The van der Waals surface area contributed by atoms with E-state index in [-0.39, 0.29) is 23.7 Å². The number of esters is 1. The molecule has 36 heavy (non-hydrogen) atoms. The molecule has 0 saturated heterocycles. The normalized spacial score (nSPS) is 10.9. The minimum absolute atomic E-state index is 0.0364. The predicted octanol–water partition coefficient (Wildman–Crippen LogP) is 0.911. The van der Waals surface area contributed by atoms with Crippen LogP contribution in [0, 0.1) is 0 Å². The first-order valence-corrected chi connectivity index (χ1v) is 11.1. The number of aromatic nitrogens is 6. The molecule has 0 unspecified atom stereocenters. The number of ether oxygens (including phenoxy) is 1. The minimum atomic E-state index is -0.641. The predicted molar refractivity (Wildman–Crippen MR) is 132 cm³/mol. The molecule has 1 amide bonds. The summed E-state index contributed by atoms with van der Waals surface area (Å²) in [5, 5.41) is 12.8. The summed E-state index contributed by atoms with van der Waals surface area (Å²) in [6, 6.07) is 9.97. The van der Waals surface area contributed by atoms with Gasteiger partial charge in [-0.05, 0) is 23.8 Å². The molecule has 2 N–H and O–H groups in total. The lowest BCUT2D eigenvalue weighted by atomic mass is 10.1. The first-order chi connectivity index (χ1) is 17.3. The second-order valence-electron chi connectivity index (χ2n) is 8.09. The minimum Gasteiger partial charge on any atom is -0.464 e. The van der Waals surface area contributed by atoms with Crippen molar-refractivity contribution in [3.63, 3.8) is 0 Å².